The molecule has 4 heteroatoms. The molecule has 0 unspecified atom stereocenters. The molecule has 0 aromatic heterocycles. The van der Waals surface area contributed by atoms with Gasteiger partial charge in [-0.25, -0.2) is 12.1 Å². The topological polar surface area (TPSA) is 0 Å². The van der Waals surface area contributed by atoms with E-state index in [-0.39, 0.29) is 35.6 Å². The summed E-state index contributed by atoms with van der Waals surface area (Å²) in [5.41, 5.74) is 14.2. The molecule has 0 bridgehead atoms. The number of rotatable bonds is 2. The molecule has 6 aromatic carbocycles. The smallest absolute Gasteiger partial charge is 0.172 e. The molecule has 1 aliphatic carbocycles. The Balaban J connectivity index is 0.000000226. The van der Waals surface area contributed by atoms with E-state index in [1.807, 2.05) is 42.5 Å². The van der Waals surface area contributed by atoms with Gasteiger partial charge in [0.25, 0.3) is 0 Å². The first-order valence-corrected chi connectivity index (χ1v) is 18.0. The van der Waals surface area contributed by atoms with Gasteiger partial charge in [-0.15, -0.1) is 16.7 Å². The van der Waals surface area contributed by atoms with Crippen molar-refractivity contribution in [3.8, 4) is 11.1 Å². The number of aryl methyl sites for hydroxylation is 2. The summed E-state index contributed by atoms with van der Waals surface area (Å²) in [6, 6.07) is 44.0. The molecule has 7 rings (SSSR count). The van der Waals surface area contributed by atoms with Crippen molar-refractivity contribution >= 4 is 25.6 Å². The Kier molecular flexibility index (Phi) is 14.2. The average Bonchev–Trinajstić information content (AvgIpc) is 3.71. The fourth-order valence-electron chi connectivity index (χ4n) is 6.56. The molecule has 0 nitrogen and oxygen atoms in total. The molecule has 0 N–H and O–H groups in total. The van der Waals surface area contributed by atoms with Crippen molar-refractivity contribution in [3.63, 3.8) is 0 Å². The Morgan fingerprint density at radius 3 is 1.90 bits per heavy atom. The summed E-state index contributed by atoms with van der Waals surface area (Å²) < 4.78 is 1.36. The third-order valence-electron chi connectivity index (χ3n) is 8.83. The number of halogens is 3. The van der Waals surface area contributed by atoms with Crippen LogP contribution in [0.4, 0.5) is 0 Å². The molecule has 0 saturated heterocycles. The predicted molar refractivity (Wildman–Crippen MR) is 201 cm³/mol. The average molecular weight is 783 g/mol. The van der Waals surface area contributed by atoms with E-state index in [1.54, 1.807) is 0 Å². The maximum Gasteiger partial charge on any atom is -0.172 e. The third kappa shape index (κ3) is 9.77. The van der Waals surface area contributed by atoms with Crippen molar-refractivity contribution < 1.29 is 49.0 Å². The molecule has 0 fully saturated rings. The zero-order valence-corrected chi connectivity index (χ0v) is 34.5. The molecule has 0 heterocycles. The van der Waals surface area contributed by atoms with Crippen molar-refractivity contribution in [1.82, 2.24) is 0 Å². The summed E-state index contributed by atoms with van der Waals surface area (Å²) in [4.78, 5) is 0. The van der Waals surface area contributed by atoms with Crippen LogP contribution in [0.15, 0.2) is 115 Å². The van der Waals surface area contributed by atoms with E-state index in [4.69, 9.17) is 11.6 Å². The molecule has 0 radical (unpaired) electrons. The standard InChI is InChI=1S/C23H29.C17H11Cl.C5H5.2ClH.Zr/c1-14-9-16-11-17-10-15(2)21(23(6,7)8)13-19(17)18(16)12-20(14)22(3,4)5;18-16-10-8-13(9-11-16)12-15-6-3-5-14-4-1-2-7-17(14)15;1-2-4-5-3-1;;;/h9,12-13H,11H2,1-8H3;1-11H;1-5H;2*1H;/q-1;;-1;;;+2/p-2. The summed E-state index contributed by atoms with van der Waals surface area (Å²) in [7, 11) is 0. The minimum Gasteiger partial charge on any atom is -1.00 e. The number of hydrogen-bond acceptors (Lipinski definition) is 0. The fourth-order valence-corrected chi connectivity index (χ4v) is 7.63. The summed E-state index contributed by atoms with van der Waals surface area (Å²) in [6.45, 7) is 18.2. The predicted octanol–water partition coefficient (Wildman–Crippen LogP) is 6.29. The number of fused-ring (bicyclic) bond motifs is 4. The van der Waals surface area contributed by atoms with Crippen LogP contribution in [0.3, 0.4) is 0 Å². The van der Waals surface area contributed by atoms with Gasteiger partial charge in [0.15, 0.2) is 0 Å². The van der Waals surface area contributed by atoms with Crippen LogP contribution in [0.25, 0.3) is 21.9 Å². The van der Waals surface area contributed by atoms with Gasteiger partial charge >= 0.3 is 133 Å². The largest absolute Gasteiger partial charge is 1.00 e. The first-order valence-electron chi connectivity index (χ1n) is 16.4. The SMILES string of the molecule is Cc1[c-]c2c(cc1C(C)(C)C)-c1cc(C(C)(C)C)c(C)cc1C2.Clc1ccc([C](=[Zr+2])c2cccc3ccccc23)cc1.[Cl-].[Cl-].c1cc[cH-]c1. The second kappa shape index (κ2) is 17.0. The van der Waals surface area contributed by atoms with E-state index in [1.165, 1.54) is 93.8 Å². The van der Waals surface area contributed by atoms with Gasteiger partial charge in [-0.2, -0.15) is 35.9 Å². The molecule has 0 atom stereocenters. The summed E-state index contributed by atoms with van der Waals surface area (Å²) >= 11 is 7.37. The maximum absolute atomic E-state index is 5.96. The second-order valence-electron chi connectivity index (χ2n) is 14.6. The van der Waals surface area contributed by atoms with Gasteiger partial charge in [0, 0.05) is 0 Å². The van der Waals surface area contributed by atoms with E-state index >= 15 is 0 Å². The van der Waals surface area contributed by atoms with Gasteiger partial charge in [0.2, 0.25) is 0 Å². The van der Waals surface area contributed by atoms with Crippen molar-refractivity contribution in [1.29, 1.82) is 0 Å². The van der Waals surface area contributed by atoms with Gasteiger partial charge in [0.1, 0.15) is 0 Å². The molecule has 6 aromatic rings. The zero-order chi connectivity index (χ0) is 33.9. The van der Waals surface area contributed by atoms with Crippen LogP contribution in [-0.2, 0) is 41.5 Å². The molecule has 0 saturated carbocycles. The van der Waals surface area contributed by atoms with Crippen molar-refractivity contribution in [2.24, 2.45) is 0 Å². The quantitative estimate of drug-likeness (QED) is 0.181. The van der Waals surface area contributed by atoms with Crippen LogP contribution < -0.4 is 24.8 Å². The normalized spacial score (nSPS) is 11.5. The Hall–Kier alpha value is -2.67. The molecule has 252 valence electrons. The third-order valence-corrected chi connectivity index (χ3v) is 10.5. The summed E-state index contributed by atoms with van der Waals surface area (Å²) in [5, 5.41) is 3.38. The summed E-state index contributed by atoms with van der Waals surface area (Å²) in [6.07, 6.45) is 1.03. The first kappa shape index (κ1) is 40.8. The van der Waals surface area contributed by atoms with Crippen LogP contribution >= 0.6 is 11.6 Å². The van der Waals surface area contributed by atoms with E-state index < -0.39 is 0 Å². The monoisotopic (exact) mass is 780 g/mol. The molecule has 0 amide bonds. The summed E-state index contributed by atoms with van der Waals surface area (Å²) in [5.74, 6) is 0. The maximum atomic E-state index is 5.96. The van der Waals surface area contributed by atoms with Crippen LogP contribution in [-0.4, -0.2) is 3.21 Å². The van der Waals surface area contributed by atoms with Crippen LogP contribution in [0.1, 0.15) is 86.1 Å². The zero-order valence-electron chi connectivity index (χ0n) is 29.8. The van der Waals surface area contributed by atoms with E-state index in [9.17, 15) is 0 Å². The number of hydrogen-bond donors (Lipinski definition) is 0. The molecular weight excluding hydrogens is 738 g/mol. The number of benzene rings is 5. The molecule has 1 aliphatic rings. The molecular formula is C45H45Cl3Zr-2. The van der Waals surface area contributed by atoms with Gasteiger partial charge < -0.3 is 24.8 Å². The Morgan fingerprint density at radius 2 is 1.31 bits per heavy atom. The minimum absolute atomic E-state index is 0. The fraction of sp³-hybridized carbons (Fsp3) is 0.244. The molecule has 49 heavy (non-hydrogen) atoms. The molecule has 0 spiro atoms. The minimum atomic E-state index is 0. The Labute approximate surface area is 326 Å². The van der Waals surface area contributed by atoms with Gasteiger partial charge in [0.05, 0.1) is 0 Å². The molecule has 0 aliphatic heterocycles. The van der Waals surface area contributed by atoms with Crippen LogP contribution in [0.5, 0.6) is 0 Å². The van der Waals surface area contributed by atoms with E-state index in [0.717, 1.165) is 11.4 Å². The van der Waals surface area contributed by atoms with E-state index in [2.05, 4.69) is 134 Å². The van der Waals surface area contributed by atoms with Crippen LogP contribution in [0.2, 0.25) is 5.02 Å². The van der Waals surface area contributed by atoms with Crippen molar-refractivity contribution in [3.05, 3.63) is 171 Å². The second-order valence-corrected chi connectivity index (χ2v) is 16.2. The van der Waals surface area contributed by atoms with Crippen molar-refractivity contribution in [2.75, 3.05) is 0 Å². The Morgan fingerprint density at radius 1 is 0.714 bits per heavy atom. The van der Waals surface area contributed by atoms with Crippen molar-refractivity contribution in [2.45, 2.75) is 72.6 Å². The van der Waals surface area contributed by atoms with E-state index in [0.29, 0.717) is 0 Å². The first-order chi connectivity index (χ1) is 22.2. The van der Waals surface area contributed by atoms with Crippen LogP contribution in [0, 0.1) is 19.9 Å². The van der Waals surface area contributed by atoms with Gasteiger partial charge in [-0.3, -0.25) is 0 Å². The Bertz CT molecular complexity index is 1920. The van der Waals surface area contributed by atoms with Gasteiger partial charge in [-0.05, 0) is 35.4 Å². The van der Waals surface area contributed by atoms with Gasteiger partial charge in [-0.1, -0.05) is 71.6 Å².